The van der Waals surface area contributed by atoms with Crippen molar-refractivity contribution in [3.8, 4) is 0 Å². The second kappa shape index (κ2) is 8.28. The molecule has 0 atom stereocenters. The summed E-state index contributed by atoms with van der Waals surface area (Å²) in [5, 5.41) is 15.0. The van der Waals surface area contributed by atoms with Crippen LogP contribution in [0.15, 0.2) is 53.7 Å². The minimum absolute atomic E-state index is 0.562. The van der Waals surface area contributed by atoms with Gasteiger partial charge < -0.3 is 10.6 Å². The molecule has 0 aliphatic carbocycles. The summed E-state index contributed by atoms with van der Waals surface area (Å²) in [4.78, 5) is 4.71. The van der Waals surface area contributed by atoms with Crippen LogP contribution in [0.25, 0.3) is 5.65 Å². The Morgan fingerprint density at radius 2 is 1.80 bits per heavy atom. The summed E-state index contributed by atoms with van der Waals surface area (Å²) in [6, 6.07) is 14.3. The van der Waals surface area contributed by atoms with E-state index in [1.165, 1.54) is 11.1 Å². The molecule has 0 saturated carbocycles. The fraction of sp³-hybridized carbons (Fsp3) is 0.316. The van der Waals surface area contributed by atoms with E-state index in [0.717, 1.165) is 30.4 Å². The lowest BCUT2D eigenvalue weighted by molar-refractivity contribution is 0.765. The maximum absolute atomic E-state index is 4.71. The maximum Gasteiger partial charge on any atom is 0.191 e. The Labute approximate surface area is 148 Å². The van der Waals surface area contributed by atoms with Crippen LogP contribution in [0.4, 0.5) is 0 Å². The molecule has 0 fully saturated rings. The normalized spacial score (nSPS) is 11.7. The minimum atomic E-state index is 0.562. The topological polar surface area (TPSA) is 66.6 Å². The summed E-state index contributed by atoms with van der Waals surface area (Å²) < 4.78 is 1.98. The molecule has 0 saturated heterocycles. The van der Waals surface area contributed by atoms with Crippen LogP contribution in [0.5, 0.6) is 0 Å². The van der Waals surface area contributed by atoms with E-state index >= 15 is 0 Å². The van der Waals surface area contributed by atoms with E-state index in [9.17, 15) is 0 Å². The Bertz CT molecular complexity index is 852. The van der Waals surface area contributed by atoms with Crippen molar-refractivity contribution in [2.45, 2.75) is 33.4 Å². The van der Waals surface area contributed by atoms with Crippen LogP contribution in [0, 0.1) is 0 Å². The van der Waals surface area contributed by atoms with E-state index in [-0.39, 0.29) is 0 Å². The summed E-state index contributed by atoms with van der Waals surface area (Å²) >= 11 is 0. The standard InChI is InChI=1S/C19H24N6/c1-3-15-9-5-6-10-16(15)13-21-19(20-4-2)22-14-18-24-23-17-11-7-8-12-25(17)18/h5-12H,3-4,13-14H2,1-2H3,(H2,20,21,22). The SMILES string of the molecule is CCNC(=NCc1ccccc1CC)NCc1nnc2ccccn12. The number of guanidine groups is 1. The molecule has 130 valence electrons. The number of aryl methyl sites for hydroxylation is 1. The average molecular weight is 336 g/mol. The van der Waals surface area contributed by atoms with E-state index in [4.69, 9.17) is 4.99 Å². The van der Waals surface area contributed by atoms with Crippen LogP contribution in [-0.2, 0) is 19.5 Å². The zero-order valence-corrected chi connectivity index (χ0v) is 14.7. The average Bonchev–Trinajstić information content (AvgIpc) is 3.07. The summed E-state index contributed by atoms with van der Waals surface area (Å²) in [5.41, 5.74) is 3.44. The highest BCUT2D eigenvalue weighted by Gasteiger charge is 2.06. The fourth-order valence-electron chi connectivity index (χ4n) is 2.74. The molecule has 6 nitrogen and oxygen atoms in total. The van der Waals surface area contributed by atoms with Crippen molar-refractivity contribution < 1.29 is 0 Å². The van der Waals surface area contributed by atoms with Crippen molar-refractivity contribution in [1.29, 1.82) is 0 Å². The summed E-state index contributed by atoms with van der Waals surface area (Å²) in [6.45, 7) is 6.25. The maximum atomic E-state index is 4.71. The number of pyridine rings is 1. The quantitative estimate of drug-likeness (QED) is 0.536. The number of benzene rings is 1. The van der Waals surface area contributed by atoms with E-state index in [2.05, 4.69) is 58.9 Å². The first-order chi connectivity index (χ1) is 12.3. The second-order valence-corrected chi connectivity index (χ2v) is 5.72. The van der Waals surface area contributed by atoms with E-state index in [1.807, 2.05) is 28.8 Å². The Morgan fingerprint density at radius 3 is 2.60 bits per heavy atom. The summed E-state index contributed by atoms with van der Waals surface area (Å²) in [6.07, 6.45) is 2.98. The Kier molecular flexibility index (Phi) is 5.61. The Balaban J connectivity index is 1.70. The van der Waals surface area contributed by atoms with Crippen LogP contribution in [-0.4, -0.2) is 27.1 Å². The van der Waals surface area contributed by atoms with E-state index < -0.39 is 0 Å². The van der Waals surface area contributed by atoms with Gasteiger partial charge in [-0.2, -0.15) is 0 Å². The van der Waals surface area contributed by atoms with Gasteiger partial charge >= 0.3 is 0 Å². The number of hydrogen-bond donors (Lipinski definition) is 2. The van der Waals surface area contributed by atoms with Crippen molar-refractivity contribution in [2.24, 2.45) is 4.99 Å². The number of fused-ring (bicyclic) bond motifs is 1. The van der Waals surface area contributed by atoms with Crippen LogP contribution in [0.2, 0.25) is 0 Å². The minimum Gasteiger partial charge on any atom is -0.357 e. The smallest absolute Gasteiger partial charge is 0.191 e. The van der Waals surface area contributed by atoms with Crippen molar-refractivity contribution in [2.75, 3.05) is 6.54 Å². The first-order valence-electron chi connectivity index (χ1n) is 8.69. The molecule has 0 aliphatic rings. The van der Waals surface area contributed by atoms with Gasteiger partial charge in [-0.05, 0) is 36.6 Å². The molecule has 0 aliphatic heterocycles. The van der Waals surface area contributed by atoms with Crippen LogP contribution in [0.1, 0.15) is 30.8 Å². The van der Waals surface area contributed by atoms with Crippen molar-refractivity contribution in [3.63, 3.8) is 0 Å². The molecular formula is C19H24N6. The number of aliphatic imine (C=N–C) groups is 1. The molecular weight excluding hydrogens is 312 g/mol. The molecule has 3 aromatic rings. The molecule has 2 aromatic heterocycles. The Hall–Kier alpha value is -2.89. The molecule has 0 unspecified atom stereocenters. The first kappa shape index (κ1) is 17.0. The predicted molar refractivity (Wildman–Crippen MR) is 100 cm³/mol. The van der Waals surface area contributed by atoms with Crippen molar-refractivity contribution >= 4 is 11.6 Å². The Morgan fingerprint density at radius 1 is 1.00 bits per heavy atom. The lowest BCUT2D eigenvalue weighted by Crippen LogP contribution is -2.37. The zero-order valence-electron chi connectivity index (χ0n) is 14.7. The number of rotatable bonds is 6. The lowest BCUT2D eigenvalue weighted by Gasteiger charge is -2.11. The van der Waals surface area contributed by atoms with Gasteiger partial charge in [0.2, 0.25) is 0 Å². The molecule has 0 radical (unpaired) electrons. The molecule has 2 heterocycles. The van der Waals surface area contributed by atoms with Gasteiger partial charge in [0, 0.05) is 12.7 Å². The van der Waals surface area contributed by atoms with Gasteiger partial charge in [-0.3, -0.25) is 4.40 Å². The van der Waals surface area contributed by atoms with Crippen LogP contribution < -0.4 is 10.6 Å². The van der Waals surface area contributed by atoms with Gasteiger partial charge in [0.15, 0.2) is 17.4 Å². The predicted octanol–water partition coefficient (Wildman–Crippen LogP) is 2.55. The van der Waals surface area contributed by atoms with Gasteiger partial charge in [-0.15, -0.1) is 10.2 Å². The van der Waals surface area contributed by atoms with Gasteiger partial charge in [0.05, 0.1) is 13.1 Å². The van der Waals surface area contributed by atoms with Gasteiger partial charge in [0.1, 0.15) is 0 Å². The van der Waals surface area contributed by atoms with Crippen LogP contribution >= 0.6 is 0 Å². The van der Waals surface area contributed by atoms with Crippen molar-refractivity contribution in [3.05, 3.63) is 65.6 Å². The first-order valence-corrected chi connectivity index (χ1v) is 8.69. The molecule has 2 N–H and O–H groups in total. The second-order valence-electron chi connectivity index (χ2n) is 5.72. The molecule has 0 bridgehead atoms. The molecule has 6 heteroatoms. The van der Waals surface area contributed by atoms with Crippen molar-refractivity contribution in [1.82, 2.24) is 25.2 Å². The third-order valence-electron chi connectivity index (χ3n) is 4.05. The van der Waals surface area contributed by atoms with Crippen LogP contribution in [0.3, 0.4) is 0 Å². The highest BCUT2D eigenvalue weighted by atomic mass is 15.3. The highest BCUT2D eigenvalue weighted by Crippen LogP contribution is 2.10. The third-order valence-corrected chi connectivity index (χ3v) is 4.05. The fourth-order valence-corrected chi connectivity index (χ4v) is 2.74. The number of hydrogen-bond acceptors (Lipinski definition) is 3. The molecule has 1 aromatic carbocycles. The van der Waals surface area contributed by atoms with Gasteiger partial charge in [-0.1, -0.05) is 37.3 Å². The molecule has 0 spiro atoms. The molecule has 3 rings (SSSR count). The summed E-state index contributed by atoms with van der Waals surface area (Å²) in [7, 11) is 0. The number of nitrogens with one attached hydrogen (secondary N) is 2. The zero-order chi connectivity index (χ0) is 17.5. The van der Waals surface area contributed by atoms with Gasteiger partial charge in [-0.25, -0.2) is 4.99 Å². The highest BCUT2D eigenvalue weighted by molar-refractivity contribution is 5.79. The third kappa shape index (κ3) is 4.15. The van der Waals surface area contributed by atoms with E-state index in [0.29, 0.717) is 13.1 Å². The molecule has 0 amide bonds. The summed E-state index contributed by atoms with van der Waals surface area (Å²) in [5.74, 6) is 1.64. The molecule has 25 heavy (non-hydrogen) atoms. The monoisotopic (exact) mass is 336 g/mol. The number of nitrogens with zero attached hydrogens (tertiary/aromatic N) is 4. The number of aromatic nitrogens is 3. The lowest BCUT2D eigenvalue weighted by atomic mass is 10.1. The van der Waals surface area contributed by atoms with E-state index in [1.54, 1.807) is 0 Å². The largest absolute Gasteiger partial charge is 0.357 e. The van der Waals surface area contributed by atoms with Gasteiger partial charge in [0.25, 0.3) is 0 Å².